The summed E-state index contributed by atoms with van der Waals surface area (Å²) >= 11 is 0. The molecular weight excluding hydrogens is 365 g/mol. The number of carbonyl (C=O) groups is 2. The molecule has 3 heterocycles. The average molecular weight is 387 g/mol. The summed E-state index contributed by atoms with van der Waals surface area (Å²) in [6, 6.07) is 6.02. The van der Waals surface area contributed by atoms with Crippen molar-refractivity contribution in [3.8, 4) is 11.3 Å². The van der Waals surface area contributed by atoms with Gasteiger partial charge in [0.05, 0.1) is 24.8 Å². The number of nitrogens with zero attached hydrogens (tertiary/aromatic N) is 3. The zero-order valence-electron chi connectivity index (χ0n) is 15.7. The number of fused-ring (bicyclic) bond motifs is 1. The Balaban J connectivity index is 1.48. The lowest BCUT2D eigenvalue weighted by molar-refractivity contribution is -0.136. The summed E-state index contributed by atoms with van der Waals surface area (Å²) in [5, 5.41) is 4.12. The number of benzene rings is 1. The van der Waals surface area contributed by atoms with Crippen molar-refractivity contribution < 1.29 is 23.2 Å². The molecular formula is C20H22FN3O4. The highest BCUT2D eigenvalue weighted by Crippen LogP contribution is 2.32. The number of halogens is 1. The number of carbonyl (C=O) groups excluding carboxylic acids is 2. The first-order valence-electron chi connectivity index (χ1n) is 9.35. The van der Waals surface area contributed by atoms with E-state index < -0.39 is 0 Å². The van der Waals surface area contributed by atoms with Crippen molar-refractivity contribution in [1.29, 1.82) is 0 Å². The summed E-state index contributed by atoms with van der Waals surface area (Å²) in [6.07, 6.45) is 0.834. The second kappa shape index (κ2) is 7.71. The van der Waals surface area contributed by atoms with Crippen LogP contribution >= 0.6 is 0 Å². The largest absolute Gasteiger partial charge is 0.383 e. The van der Waals surface area contributed by atoms with Crippen LogP contribution in [0.3, 0.4) is 0 Å². The number of hydrogen-bond acceptors (Lipinski definition) is 5. The zero-order valence-corrected chi connectivity index (χ0v) is 15.7. The Kier molecular flexibility index (Phi) is 5.13. The number of aromatic nitrogens is 1. The molecule has 1 unspecified atom stereocenters. The van der Waals surface area contributed by atoms with Gasteiger partial charge in [0.1, 0.15) is 5.82 Å². The van der Waals surface area contributed by atoms with E-state index in [1.807, 2.05) is 0 Å². The zero-order chi connectivity index (χ0) is 19.7. The van der Waals surface area contributed by atoms with Crippen LogP contribution in [0, 0.1) is 11.7 Å². The van der Waals surface area contributed by atoms with Gasteiger partial charge in [-0.2, -0.15) is 0 Å². The maximum Gasteiger partial charge on any atom is 0.228 e. The van der Waals surface area contributed by atoms with Gasteiger partial charge in [0.2, 0.25) is 11.8 Å². The number of rotatable bonds is 5. The van der Waals surface area contributed by atoms with Gasteiger partial charge in [0.15, 0.2) is 5.76 Å². The summed E-state index contributed by atoms with van der Waals surface area (Å²) in [6.45, 7) is 2.32. The van der Waals surface area contributed by atoms with Crippen molar-refractivity contribution in [3.63, 3.8) is 0 Å². The molecule has 1 aromatic carbocycles. The monoisotopic (exact) mass is 387 g/mol. The number of likely N-dealkylation sites (tertiary alicyclic amines) is 1. The van der Waals surface area contributed by atoms with Crippen LogP contribution in [0.2, 0.25) is 0 Å². The highest BCUT2D eigenvalue weighted by molar-refractivity contribution is 5.89. The summed E-state index contributed by atoms with van der Waals surface area (Å²) in [7, 11) is 1.59. The van der Waals surface area contributed by atoms with Crippen LogP contribution in [-0.2, 0) is 27.3 Å². The Morgan fingerprint density at radius 2 is 2.14 bits per heavy atom. The van der Waals surface area contributed by atoms with Crippen molar-refractivity contribution >= 4 is 11.8 Å². The number of methoxy groups -OCH3 is 1. The van der Waals surface area contributed by atoms with Gasteiger partial charge in [-0.25, -0.2) is 4.39 Å². The van der Waals surface area contributed by atoms with Gasteiger partial charge in [-0.3, -0.25) is 9.59 Å². The molecule has 8 heteroatoms. The fraction of sp³-hybridized carbons (Fsp3) is 0.450. The Morgan fingerprint density at radius 1 is 1.36 bits per heavy atom. The molecule has 1 atom stereocenters. The second-order valence-electron chi connectivity index (χ2n) is 7.19. The summed E-state index contributed by atoms with van der Waals surface area (Å²) in [4.78, 5) is 28.6. The first-order valence-corrected chi connectivity index (χ1v) is 9.35. The second-order valence-corrected chi connectivity index (χ2v) is 7.19. The average Bonchev–Trinajstić information content (AvgIpc) is 3.29. The molecule has 1 saturated heterocycles. The van der Waals surface area contributed by atoms with E-state index in [9.17, 15) is 14.0 Å². The molecule has 1 aromatic heterocycles. The van der Waals surface area contributed by atoms with Crippen molar-refractivity contribution in [3.05, 3.63) is 41.3 Å². The molecule has 0 N–H and O–H groups in total. The van der Waals surface area contributed by atoms with Gasteiger partial charge >= 0.3 is 0 Å². The number of hydrogen-bond donors (Lipinski definition) is 0. The third-order valence-electron chi connectivity index (χ3n) is 5.38. The Labute approximate surface area is 162 Å². The molecule has 2 amide bonds. The van der Waals surface area contributed by atoms with Gasteiger partial charge in [0.25, 0.3) is 0 Å². The van der Waals surface area contributed by atoms with Gasteiger partial charge in [-0.05, 0) is 24.3 Å². The molecule has 7 nitrogen and oxygen atoms in total. The summed E-state index contributed by atoms with van der Waals surface area (Å²) in [5.41, 5.74) is 2.41. The molecule has 28 heavy (non-hydrogen) atoms. The van der Waals surface area contributed by atoms with Crippen LogP contribution in [-0.4, -0.2) is 60.1 Å². The highest BCUT2D eigenvalue weighted by Gasteiger charge is 2.38. The van der Waals surface area contributed by atoms with Crippen molar-refractivity contribution in [2.75, 3.05) is 33.4 Å². The molecule has 2 aliphatic heterocycles. The molecule has 2 aliphatic rings. The predicted molar refractivity (Wildman–Crippen MR) is 97.6 cm³/mol. The van der Waals surface area contributed by atoms with E-state index in [0.717, 1.165) is 16.8 Å². The first-order chi connectivity index (χ1) is 13.6. The highest BCUT2D eigenvalue weighted by atomic mass is 19.1. The molecule has 1 fully saturated rings. The molecule has 0 spiro atoms. The molecule has 0 radical (unpaired) electrons. The fourth-order valence-electron chi connectivity index (χ4n) is 3.84. The van der Waals surface area contributed by atoms with E-state index >= 15 is 0 Å². The van der Waals surface area contributed by atoms with E-state index in [-0.39, 0.29) is 30.0 Å². The maximum atomic E-state index is 13.2. The van der Waals surface area contributed by atoms with Gasteiger partial charge < -0.3 is 19.1 Å². The normalized spacial score (nSPS) is 19.2. The summed E-state index contributed by atoms with van der Waals surface area (Å²) in [5.74, 6) is -0.120. The standard InChI is InChI=1S/C20H22FN3O4/c1-27-9-8-23-11-14(10-18(23)25)20(26)24-7-6-17-16(12-24)19(28-22-17)13-2-4-15(21)5-3-13/h2-5,14H,6-12H2,1H3. The predicted octanol–water partition coefficient (Wildman–Crippen LogP) is 1.86. The van der Waals surface area contributed by atoms with Crippen LogP contribution in [0.1, 0.15) is 17.7 Å². The maximum absolute atomic E-state index is 13.2. The number of amides is 2. The molecule has 0 bridgehead atoms. The quantitative estimate of drug-likeness (QED) is 0.783. The SMILES string of the molecule is COCCN1CC(C(=O)N2CCc3noc(-c4ccc(F)cc4)c3C2)CC1=O. The molecule has 0 saturated carbocycles. The lowest BCUT2D eigenvalue weighted by Gasteiger charge is -2.28. The van der Waals surface area contributed by atoms with Crippen molar-refractivity contribution in [2.24, 2.45) is 5.92 Å². The molecule has 4 rings (SSSR count). The minimum atomic E-state index is -0.333. The third kappa shape index (κ3) is 3.52. The Morgan fingerprint density at radius 3 is 2.89 bits per heavy atom. The Hall–Kier alpha value is -2.74. The molecule has 0 aliphatic carbocycles. The van der Waals surface area contributed by atoms with E-state index in [0.29, 0.717) is 45.0 Å². The Bertz CT molecular complexity index is 880. The minimum Gasteiger partial charge on any atom is -0.383 e. The third-order valence-corrected chi connectivity index (χ3v) is 5.38. The van der Waals surface area contributed by atoms with Gasteiger partial charge in [-0.1, -0.05) is 5.16 Å². The smallest absolute Gasteiger partial charge is 0.228 e. The van der Waals surface area contributed by atoms with Crippen LogP contribution < -0.4 is 0 Å². The molecule has 2 aromatic rings. The van der Waals surface area contributed by atoms with Crippen LogP contribution in [0.15, 0.2) is 28.8 Å². The lowest BCUT2D eigenvalue weighted by Crippen LogP contribution is -2.40. The lowest BCUT2D eigenvalue weighted by atomic mass is 9.99. The van der Waals surface area contributed by atoms with Crippen molar-refractivity contribution in [1.82, 2.24) is 15.0 Å². The van der Waals surface area contributed by atoms with E-state index in [2.05, 4.69) is 5.16 Å². The topological polar surface area (TPSA) is 75.9 Å². The number of ether oxygens (including phenoxy) is 1. The summed E-state index contributed by atoms with van der Waals surface area (Å²) < 4.78 is 23.7. The van der Waals surface area contributed by atoms with E-state index in [4.69, 9.17) is 9.26 Å². The van der Waals surface area contributed by atoms with Crippen LogP contribution in [0.25, 0.3) is 11.3 Å². The minimum absolute atomic E-state index is 0.00919. The van der Waals surface area contributed by atoms with Crippen LogP contribution in [0.4, 0.5) is 4.39 Å². The van der Waals surface area contributed by atoms with Crippen molar-refractivity contribution in [2.45, 2.75) is 19.4 Å². The van der Waals surface area contributed by atoms with E-state index in [1.54, 1.807) is 29.0 Å². The molecule has 148 valence electrons. The van der Waals surface area contributed by atoms with E-state index in [1.165, 1.54) is 12.1 Å². The van der Waals surface area contributed by atoms with Crippen LogP contribution in [0.5, 0.6) is 0 Å². The van der Waals surface area contributed by atoms with Gasteiger partial charge in [0, 0.05) is 50.7 Å². The first kappa shape index (κ1) is 18.6. The fourth-order valence-corrected chi connectivity index (χ4v) is 3.84. The van der Waals surface area contributed by atoms with Gasteiger partial charge in [-0.15, -0.1) is 0 Å².